The highest BCUT2D eigenvalue weighted by Crippen LogP contribution is 2.28. The third-order valence-corrected chi connectivity index (χ3v) is 7.01. The number of carbonyl (C=O) groups excluding carboxylic acids is 1. The molecular weight excluding hydrogens is 442 g/mol. The van der Waals surface area contributed by atoms with Gasteiger partial charge in [-0.2, -0.15) is 0 Å². The highest BCUT2D eigenvalue weighted by atomic mass is 35.5. The maximum atomic E-state index is 12.6. The molecule has 0 saturated heterocycles. The molecule has 1 N–H and O–H groups in total. The van der Waals surface area contributed by atoms with Gasteiger partial charge in [-0.1, -0.05) is 65.0 Å². The van der Waals surface area contributed by atoms with E-state index in [2.05, 4.69) is 22.5 Å². The number of aryl methyl sites for hydroxylation is 1. The Morgan fingerprint density at radius 2 is 1.90 bits per heavy atom. The maximum absolute atomic E-state index is 12.6. The van der Waals surface area contributed by atoms with Gasteiger partial charge >= 0.3 is 0 Å². The molecule has 0 aliphatic heterocycles. The van der Waals surface area contributed by atoms with Crippen molar-refractivity contribution in [1.82, 2.24) is 15.1 Å². The normalized spacial score (nSPS) is 13.1. The number of halogens is 1. The van der Waals surface area contributed by atoms with Crippen LogP contribution >= 0.6 is 46.9 Å². The van der Waals surface area contributed by atoms with E-state index in [9.17, 15) is 4.79 Å². The van der Waals surface area contributed by atoms with E-state index in [1.54, 1.807) is 16.8 Å². The number of rotatable bonds is 8. The number of nitrogens with one attached hydrogen (secondary N) is 1. The first-order valence-corrected chi connectivity index (χ1v) is 11.8. The zero-order chi connectivity index (χ0) is 20.8. The molecule has 3 rings (SSSR count). The quantitative estimate of drug-likeness (QED) is 0.332. The largest absolute Gasteiger partial charge is 0.353 e. The lowest BCUT2D eigenvalue weighted by Crippen LogP contribution is -2.37. The van der Waals surface area contributed by atoms with Crippen molar-refractivity contribution in [3.8, 4) is 5.69 Å². The van der Waals surface area contributed by atoms with Crippen molar-refractivity contribution in [2.75, 3.05) is 0 Å². The lowest BCUT2D eigenvalue weighted by Gasteiger charge is -2.16. The number of hydrogen-bond donors (Lipinski definition) is 1. The van der Waals surface area contributed by atoms with E-state index < -0.39 is 0 Å². The lowest BCUT2D eigenvalue weighted by atomic mass is 10.1. The molecule has 0 radical (unpaired) electrons. The number of hydrogen-bond acceptors (Lipinski definition) is 5. The average molecular weight is 464 g/mol. The fourth-order valence-corrected chi connectivity index (χ4v) is 5.36. The van der Waals surface area contributed by atoms with Crippen LogP contribution < -0.4 is 5.32 Å². The second-order valence-corrected chi connectivity index (χ2v) is 10.4. The number of benzene rings is 2. The molecular formula is C21H22ClN3OS3. The van der Waals surface area contributed by atoms with Crippen LogP contribution in [-0.4, -0.2) is 27.0 Å². The van der Waals surface area contributed by atoms with Crippen LogP contribution in [-0.2, 0) is 11.2 Å². The summed E-state index contributed by atoms with van der Waals surface area (Å²) in [5.41, 5.74) is 2.14. The number of aromatic nitrogens is 2. The van der Waals surface area contributed by atoms with Gasteiger partial charge in [-0.25, -0.2) is 4.68 Å². The highest BCUT2D eigenvalue weighted by Gasteiger charge is 2.19. The molecule has 2 aromatic carbocycles. The molecule has 0 saturated carbocycles. The van der Waals surface area contributed by atoms with Gasteiger partial charge in [0.1, 0.15) is 0 Å². The fourth-order valence-electron chi connectivity index (χ4n) is 2.72. The predicted molar refractivity (Wildman–Crippen MR) is 125 cm³/mol. The molecule has 0 fully saturated rings. The first-order valence-electron chi connectivity index (χ1n) is 9.29. The summed E-state index contributed by atoms with van der Waals surface area (Å²) in [6.45, 7) is 3.93. The van der Waals surface area contributed by atoms with Crippen molar-refractivity contribution in [2.24, 2.45) is 0 Å². The fraction of sp³-hybridized carbons (Fsp3) is 0.286. The molecule has 4 nitrogen and oxygen atoms in total. The van der Waals surface area contributed by atoms with Gasteiger partial charge in [-0.3, -0.25) is 4.79 Å². The Morgan fingerprint density at radius 1 is 1.21 bits per heavy atom. The Balaban J connectivity index is 1.54. The molecule has 3 aromatic rings. The van der Waals surface area contributed by atoms with E-state index in [4.69, 9.17) is 23.8 Å². The molecule has 8 heteroatoms. The third-order valence-electron chi connectivity index (χ3n) is 4.34. The zero-order valence-corrected chi connectivity index (χ0v) is 19.4. The van der Waals surface area contributed by atoms with Gasteiger partial charge in [0.15, 0.2) is 8.29 Å². The van der Waals surface area contributed by atoms with Gasteiger partial charge in [0.05, 0.1) is 10.9 Å². The monoisotopic (exact) mass is 463 g/mol. The average Bonchev–Trinajstić information content (AvgIpc) is 3.07. The van der Waals surface area contributed by atoms with Crippen LogP contribution in [0.25, 0.3) is 5.69 Å². The summed E-state index contributed by atoms with van der Waals surface area (Å²) in [6, 6.07) is 17.8. The predicted octanol–water partition coefficient (Wildman–Crippen LogP) is 5.93. The van der Waals surface area contributed by atoms with Crippen LogP contribution in [0, 0.1) is 3.95 Å². The van der Waals surface area contributed by atoms with Gasteiger partial charge in [0, 0.05) is 11.1 Å². The van der Waals surface area contributed by atoms with Crippen molar-refractivity contribution in [1.29, 1.82) is 0 Å². The Bertz CT molecular complexity index is 1000. The van der Waals surface area contributed by atoms with Crippen molar-refractivity contribution in [3.05, 3.63) is 69.1 Å². The minimum atomic E-state index is -0.256. The Morgan fingerprint density at radius 3 is 2.59 bits per heavy atom. The maximum Gasteiger partial charge on any atom is 0.233 e. The topological polar surface area (TPSA) is 46.9 Å². The summed E-state index contributed by atoms with van der Waals surface area (Å²) in [4.78, 5) is 12.6. The van der Waals surface area contributed by atoms with Gasteiger partial charge < -0.3 is 5.32 Å². The third kappa shape index (κ3) is 6.40. The Labute approximate surface area is 189 Å². The van der Waals surface area contributed by atoms with Crippen LogP contribution in [0.5, 0.6) is 0 Å². The van der Waals surface area contributed by atoms with E-state index in [1.165, 1.54) is 28.7 Å². The van der Waals surface area contributed by atoms with E-state index >= 15 is 0 Å². The van der Waals surface area contributed by atoms with Crippen LogP contribution in [0.2, 0.25) is 5.02 Å². The molecule has 2 unspecified atom stereocenters. The van der Waals surface area contributed by atoms with Crippen LogP contribution in [0.15, 0.2) is 58.9 Å². The lowest BCUT2D eigenvalue weighted by molar-refractivity contribution is -0.120. The molecule has 29 heavy (non-hydrogen) atoms. The summed E-state index contributed by atoms with van der Waals surface area (Å²) in [7, 11) is 0. The first kappa shape index (κ1) is 22.0. The highest BCUT2D eigenvalue weighted by molar-refractivity contribution is 8.02. The summed E-state index contributed by atoms with van der Waals surface area (Å²) >= 11 is 14.2. The number of amides is 1. The van der Waals surface area contributed by atoms with E-state index in [0.717, 1.165) is 22.9 Å². The minimum Gasteiger partial charge on any atom is -0.353 e. The van der Waals surface area contributed by atoms with Crippen LogP contribution in [0.3, 0.4) is 0 Å². The zero-order valence-electron chi connectivity index (χ0n) is 16.2. The van der Waals surface area contributed by atoms with E-state index in [-0.39, 0.29) is 17.2 Å². The first-order chi connectivity index (χ1) is 13.9. The number of thioether (sulfide) groups is 1. The summed E-state index contributed by atoms with van der Waals surface area (Å²) in [5, 5.41) is 8.06. The number of nitrogens with zero attached hydrogens (tertiary/aromatic N) is 2. The molecule has 1 aromatic heterocycles. The molecule has 0 bridgehead atoms. The van der Waals surface area contributed by atoms with Gasteiger partial charge in [-0.15, -0.1) is 5.10 Å². The summed E-state index contributed by atoms with van der Waals surface area (Å²) in [5.74, 6) is 0.00900. The SMILES string of the molecule is CC(CCc1ccccc1)NC(=O)C(C)Sc1nn(-c2ccc(Cl)cc2)c(=S)s1. The van der Waals surface area contributed by atoms with Crippen molar-refractivity contribution in [3.63, 3.8) is 0 Å². The van der Waals surface area contributed by atoms with Crippen LogP contribution in [0.1, 0.15) is 25.8 Å². The molecule has 1 heterocycles. The van der Waals surface area contributed by atoms with Crippen LogP contribution in [0.4, 0.5) is 0 Å². The number of carbonyl (C=O) groups is 1. The summed E-state index contributed by atoms with van der Waals surface area (Å²) < 4.78 is 3.11. The molecule has 152 valence electrons. The standard InChI is InChI=1S/C21H22ClN3OS3/c1-14(8-9-16-6-4-3-5-7-16)23-19(26)15(2)28-20-24-25(21(27)29-20)18-12-10-17(22)11-13-18/h3-7,10-15H,8-9H2,1-2H3,(H,23,26). The van der Waals surface area contributed by atoms with E-state index in [1.807, 2.05) is 44.2 Å². The van der Waals surface area contributed by atoms with Gasteiger partial charge in [0.2, 0.25) is 5.91 Å². The molecule has 0 aliphatic carbocycles. The molecule has 1 amide bonds. The van der Waals surface area contributed by atoms with Gasteiger partial charge in [-0.05, 0) is 68.7 Å². The second-order valence-electron chi connectivity index (χ2n) is 6.72. The Kier molecular flexibility index (Phi) is 7.89. The van der Waals surface area contributed by atoms with Gasteiger partial charge in [0.25, 0.3) is 0 Å². The minimum absolute atomic E-state index is 0.00900. The van der Waals surface area contributed by atoms with Crippen molar-refractivity contribution in [2.45, 2.75) is 42.3 Å². The van der Waals surface area contributed by atoms with Crippen molar-refractivity contribution < 1.29 is 4.79 Å². The molecule has 0 aliphatic rings. The smallest absolute Gasteiger partial charge is 0.233 e. The summed E-state index contributed by atoms with van der Waals surface area (Å²) in [6.07, 6.45) is 1.84. The van der Waals surface area contributed by atoms with Crippen molar-refractivity contribution >= 4 is 52.8 Å². The Hall–Kier alpha value is -1.67. The van der Waals surface area contributed by atoms with E-state index in [0.29, 0.717) is 8.98 Å². The second kappa shape index (κ2) is 10.4. The molecule has 2 atom stereocenters. The molecule has 0 spiro atoms.